The molecule has 7 nitrogen and oxygen atoms in total. The van der Waals surface area contributed by atoms with E-state index < -0.39 is 29.6 Å². The van der Waals surface area contributed by atoms with Crippen molar-refractivity contribution in [3.8, 4) is 0 Å². The molecular weight excluding hydrogens is 502 g/mol. The van der Waals surface area contributed by atoms with Gasteiger partial charge in [0.1, 0.15) is 18.1 Å². The smallest absolute Gasteiger partial charge is 0.328 e. The quantitative estimate of drug-likeness (QED) is 0.219. The van der Waals surface area contributed by atoms with Crippen molar-refractivity contribution in [1.82, 2.24) is 14.7 Å². The summed E-state index contributed by atoms with van der Waals surface area (Å²) in [6.07, 6.45) is 0. The van der Waals surface area contributed by atoms with E-state index in [9.17, 15) is 14.4 Å². The lowest BCUT2D eigenvalue weighted by molar-refractivity contribution is -0.156. The van der Waals surface area contributed by atoms with Crippen LogP contribution in [0.2, 0.25) is 0 Å². The van der Waals surface area contributed by atoms with Crippen molar-refractivity contribution in [2.45, 2.75) is 44.4 Å². The Hall–Kier alpha value is -3.97. The van der Waals surface area contributed by atoms with Gasteiger partial charge in [-0.1, -0.05) is 105 Å². The number of benzene rings is 3. The van der Waals surface area contributed by atoms with Gasteiger partial charge in [0.15, 0.2) is 0 Å². The van der Waals surface area contributed by atoms with Crippen LogP contribution in [0.15, 0.2) is 91.0 Å². The first kappa shape index (κ1) is 29.0. The number of carbonyl (C=O) groups is 3. The zero-order valence-electron chi connectivity index (χ0n) is 24.2. The molecule has 0 aliphatic carbocycles. The number of hydrogen-bond acceptors (Lipinski definition) is 5. The summed E-state index contributed by atoms with van der Waals surface area (Å²) < 4.78 is 4.94. The first-order valence-corrected chi connectivity index (χ1v) is 13.7. The third-order valence-electron chi connectivity index (χ3n) is 8.03. The zero-order chi connectivity index (χ0) is 29.0. The highest BCUT2D eigenvalue weighted by atomic mass is 16.5. The van der Waals surface area contributed by atoms with Crippen LogP contribution in [0.3, 0.4) is 0 Å². The Bertz CT molecular complexity index is 1220. The molecule has 2 amide bonds. The SMILES string of the molecule is COC(=O)C(C(C)C)N(C)C(=O)C(C)N(C)C(=O)C1CN1C(c1ccccc1)(c1ccccc1)c1ccccc1. The topological polar surface area (TPSA) is 69.9 Å². The van der Waals surface area contributed by atoms with E-state index in [1.54, 1.807) is 21.0 Å². The minimum atomic E-state index is -0.759. The summed E-state index contributed by atoms with van der Waals surface area (Å²) in [6, 6.07) is 28.8. The Morgan fingerprint density at radius 3 is 1.57 bits per heavy atom. The number of rotatable bonds is 10. The molecule has 3 aromatic rings. The minimum absolute atomic E-state index is 0.138. The molecule has 1 saturated heterocycles. The number of methoxy groups -OCH3 is 1. The maximum absolute atomic E-state index is 13.9. The number of hydrogen-bond donors (Lipinski definition) is 0. The standard InChI is InChI=1S/C33H39N3O4/c1-23(2)29(32(39)40-6)35(5)30(37)24(3)34(4)31(38)28-22-36(28)33(25-16-10-7-11-17-25,26-18-12-8-13-19-26)27-20-14-9-15-21-27/h7-21,23-24,28-29H,22H2,1-6H3. The van der Waals surface area contributed by atoms with E-state index in [4.69, 9.17) is 4.74 Å². The van der Waals surface area contributed by atoms with Crippen molar-refractivity contribution < 1.29 is 19.1 Å². The summed E-state index contributed by atoms with van der Waals surface area (Å²) in [5.41, 5.74) is 2.49. The van der Waals surface area contributed by atoms with Crippen LogP contribution in [0.5, 0.6) is 0 Å². The average Bonchev–Trinajstić information content (AvgIpc) is 3.78. The van der Waals surface area contributed by atoms with Crippen LogP contribution < -0.4 is 0 Å². The van der Waals surface area contributed by atoms with Crippen molar-refractivity contribution >= 4 is 17.8 Å². The van der Waals surface area contributed by atoms with Gasteiger partial charge in [0.05, 0.1) is 12.6 Å². The van der Waals surface area contributed by atoms with Gasteiger partial charge in [-0.15, -0.1) is 0 Å². The lowest BCUT2D eigenvalue weighted by Crippen LogP contribution is -2.54. The average molecular weight is 542 g/mol. The van der Waals surface area contributed by atoms with E-state index in [1.807, 2.05) is 68.4 Å². The molecule has 0 saturated carbocycles. The molecule has 1 fully saturated rings. The van der Waals surface area contributed by atoms with Crippen molar-refractivity contribution in [2.75, 3.05) is 27.7 Å². The fourth-order valence-electron chi connectivity index (χ4n) is 5.78. The van der Waals surface area contributed by atoms with Crippen LogP contribution in [0.1, 0.15) is 37.5 Å². The largest absolute Gasteiger partial charge is 0.467 e. The maximum Gasteiger partial charge on any atom is 0.328 e. The van der Waals surface area contributed by atoms with Gasteiger partial charge in [0.2, 0.25) is 11.8 Å². The normalized spacial score (nSPS) is 18.0. The number of ether oxygens (including phenoxy) is 1. The van der Waals surface area contributed by atoms with Crippen LogP contribution in [0, 0.1) is 5.92 Å². The minimum Gasteiger partial charge on any atom is -0.467 e. The first-order chi connectivity index (χ1) is 19.2. The van der Waals surface area contributed by atoms with Crippen LogP contribution in [0.4, 0.5) is 0 Å². The molecule has 1 aliphatic heterocycles. The second-order valence-corrected chi connectivity index (χ2v) is 10.8. The highest BCUT2D eigenvalue weighted by Gasteiger charge is 2.57. The molecule has 210 valence electrons. The van der Waals surface area contributed by atoms with Crippen LogP contribution in [0.25, 0.3) is 0 Å². The molecule has 0 spiro atoms. The van der Waals surface area contributed by atoms with Crippen molar-refractivity contribution in [1.29, 1.82) is 0 Å². The summed E-state index contributed by atoms with van der Waals surface area (Å²) in [6.45, 7) is 5.97. The Morgan fingerprint density at radius 2 is 1.20 bits per heavy atom. The predicted octanol–water partition coefficient (Wildman–Crippen LogP) is 4.17. The van der Waals surface area contributed by atoms with Crippen LogP contribution in [-0.2, 0) is 24.7 Å². The molecular formula is C33H39N3O4. The van der Waals surface area contributed by atoms with Crippen LogP contribution >= 0.6 is 0 Å². The van der Waals surface area contributed by atoms with Gasteiger partial charge in [0, 0.05) is 20.6 Å². The van der Waals surface area contributed by atoms with Crippen molar-refractivity contribution in [3.63, 3.8) is 0 Å². The molecule has 0 radical (unpaired) electrons. The fraction of sp³-hybridized carbons (Fsp3) is 0.364. The number of nitrogens with zero attached hydrogens (tertiary/aromatic N) is 3. The Kier molecular flexibility index (Phi) is 8.74. The molecule has 3 aromatic carbocycles. The molecule has 1 heterocycles. The molecule has 4 unspecified atom stereocenters. The predicted molar refractivity (Wildman–Crippen MR) is 155 cm³/mol. The van der Waals surface area contributed by atoms with E-state index in [-0.39, 0.29) is 17.7 Å². The van der Waals surface area contributed by atoms with E-state index in [0.29, 0.717) is 6.54 Å². The number of amides is 2. The van der Waals surface area contributed by atoms with Gasteiger partial charge in [-0.25, -0.2) is 4.79 Å². The second kappa shape index (κ2) is 12.0. The summed E-state index contributed by atoms with van der Waals surface area (Å²) in [5, 5.41) is 0. The summed E-state index contributed by atoms with van der Waals surface area (Å²) in [5.74, 6) is -1.07. The fourth-order valence-corrected chi connectivity index (χ4v) is 5.78. The Morgan fingerprint density at radius 1 is 0.775 bits per heavy atom. The lowest BCUT2D eigenvalue weighted by atomic mass is 9.76. The molecule has 40 heavy (non-hydrogen) atoms. The van der Waals surface area contributed by atoms with Gasteiger partial charge in [0.25, 0.3) is 0 Å². The number of carbonyl (C=O) groups excluding carboxylic acids is 3. The highest BCUT2D eigenvalue weighted by Crippen LogP contribution is 2.48. The molecule has 4 rings (SSSR count). The first-order valence-electron chi connectivity index (χ1n) is 13.7. The summed E-state index contributed by atoms with van der Waals surface area (Å²) >= 11 is 0. The van der Waals surface area contributed by atoms with E-state index in [2.05, 4.69) is 41.3 Å². The van der Waals surface area contributed by atoms with Crippen molar-refractivity contribution in [3.05, 3.63) is 108 Å². The Balaban J connectivity index is 1.67. The summed E-state index contributed by atoms with van der Waals surface area (Å²) in [7, 11) is 4.57. The maximum atomic E-state index is 13.9. The second-order valence-electron chi connectivity index (χ2n) is 10.8. The third kappa shape index (κ3) is 5.26. The molecule has 0 aromatic heterocycles. The summed E-state index contributed by atoms with van der Waals surface area (Å²) in [4.78, 5) is 44.9. The zero-order valence-corrected chi connectivity index (χ0v) is 24.2. The molecule has 4 atom stereocenters. The molecule has 0 bridgehead atoms. The van der Waals surface area contributed by atoms with Crippen LogP contribution in [-0.4, -0.2) is 78.4 Å². The molecule has 7 heteroatoms. The number of esters is 1. The van der Waals surface area contributed by atoms with E-state index in [1.165, 1.54) is 16.9 Å². The third-order valence-corrected chi connectivity index (χ3v) is 8.03. The van der Waals surface area contributed by atoms with Crippen molar-refractivity contribution in [2.24, 2.45) is 5.92 Å². The Labute approximate surface area is 237 Å². The highest BCUT2D eigenvalue weighted by molar-refractivity contribution is 5.93. The monoisotopic (exact) mass is 541 g/mol. The number of likely N-dealkylation sites (N-methyl/N-ethyl adjacent to an activating group) is 2. The van der Waals surface area contributed by atoms with E-state index in [0.717, 1.165) is 16.7 Å². The van der Waals surface area contributed by atoms with E-state index >= 15 is 0 Å². The van der Waals surface area contributed by atoms with Gasteiger partial charge >= 0.3 is 5.97 Å². The van der Waals surface area contributed by atoms with Gasteiger partial charge in [-0.2, -0.15) is 0 Å². The van der Waals surface area contributed by atoms with Gasteiger partial charge < -0.3 is 14.5 Å². The van der Waals surface area contributed by atoms with Gasteiger partial charge in [-0.3, -0.25) is 14.5 Å². The molecule has 0 N–H and O–H groups in total. The lowest BCUT2D eigenvalue weighted by Gasteiger charge is -2.38. The van der Waals surface area contributed by atoms with Gasteiger partial charge in [-0.05, 0) is 29.5 Å². The molecule has 1 aliphatic rings.